The lowest BCUT2D eigenvalue weighted by Crippen LogP contribution is -2.32. The molecule has 0 saturated heterocycles. The van der Waals surface area contributed by atoms with Crippen LogP contribution in [0, 0.1) is 0 Å². The largest absolute Gasteiger partial charge is 0.450 e. The Bertz CT molecular complexity index is 887. The standard InChI is InChI=1S/C17H20ClN3O5S/c1-3-26-17(24)20-14(22)10-27-16-19-13-9-11(18)5-6-12(13)15(23)21(16)7-4-8-25-2/h5-6,9H,3-4,7-8,10H2,1-2H3,(H,20,22,24). The third kappa shape index (κ3) is 5.95. The Morgan fingerprint density at radius 2 is 2.15 bits per heavy atom. The average molecular weight is 414 g/mol. The van der Waals surface area contributed by atoms with Crippen molar-refractivity contribution >= 4 is 46.3 Å². The number of imide groups is 1. The Morgan fingerprint density at radius 3 is 2.85 bits per heavy atom. The number of aromatic nitrogens is 2. The lowest BCUT2D eigenvalue weighted by Gasteiger charge is -2.13. The number of hydrogen-bond donors (Lipinski definition) is 1. The predicted molar refractivity (Wildman–Crippen MR) is 103 cm³/mol. The van der Waals surface area contributed by atoms with Crippen LogP contribution in [0.25, 0.3) is 10.9 Å². The number of halogens is 1. The van der Waals surface area contributed by atoms with E-state index in [2.05, 4.69) is 15.0 Å². The molecule has 0 radical (unpaired) electrons. The molecule has 27 heavy (non-hydrogen) atoms. The number of rotatable bonds is 8. The fourth-order valence-corrected chi connectivity index (χ4v) is 3.29. The number of nitrogens with one attached hydrogen (secondary N) is 1. The fourth-order valence-electron chi connectivity index (χ4n) is 2.30. The molecule has 0 aliphatic rings. The SMILES string of the molecule is CCOC(=O)NC(=O)CSc1nc2cc(Cl)ccc2c(=O)n1CCCOC. The number of hydrogen-bond acceptors (Lipinski definition) is 7. The molecule has 8 nitrogen and oxygen atoms in total. The van der Waals surface area contributed by atoms with Crippen molar-refractivity contribution < 1.29 is 19.1 Å². The van der Waals surface area contributed by atoms with E-state index in [4.69, 9.17) is 16.3 Å². The molecular weight excluding hydrogens is 394 g/mol. The van der Waals surface area contributed by atoms with Crippen molar-refractivity contribution in [2.24, 2.45) is 0 Å². The number of carbonyl (C=O) groups excluding carboxylic acids is 2. The number of nitrogens with zero attached hydrogens (tertiary/aromatic N) is 2. The minimum Gasteiger partial charge on any atom is -0.450 e. The zero-order chi connectivity index (χ0) is 19.8. The third-order valence-corrected chi connectivity index (χ3v) is 4.67. The molecule has 1 heterocycles. The Hall–Kier alpha value is -2.10. The zero-order valence-electron chi connectivity index (χ0n) is 15.0. The molecule has 2 rings (SSSR count). The van der Waals surface area contributed by atoms with Crippen LogP contribution in [0.3, 0.4) is 0 Å². The van der Waals surface area contributed by atoms with Gasteiger partial charge in [0.05, 0.1) is 23.3 Å². The van der Waals surface area contributed by atoms with Gasteiger partial charge in [-0.15, -0.1) is 0 Å². The first-order chi connectivity index (χ1) is 13.0. The van der Waals surface area contributed by atoms with Crippen LogP contribution < -0.4 is 10.9 Å². The van der Waals surface area contributed by atoms with Crippen molar-refractivity contribution in [3.05, 3.63) is 33.6 Å². The molecule has 0 aliphatic carbocycles. The van der Waals surface area contributed by atoms with Gasteiger partial charge in [0.25, 0.3) is 5.56 Å². The number of methoxy groups -OCH3 is 1. The molecule has 2 amide bonds. The molecular formula is C17H20ClN3O5S. The highest BCUT2D eigenvalue weighted by Gasteiger charge is 2.15. The molecule has 1 N–H and O–H groups in total. The molecule has 10 heteroatoms. The summed E-state index contributed by atoms with van der Waals surface area (Å²) < 4.78 is 11.2. The lowest BCUT2D eigenvalue weighted by molar-refractivity contribution is -0.117. The van der Waals surface area contributed by atoms with E-state index in [1.54, 1.807) is 32.2 Å². The summed E-state index contributed by atoms with van der Waals surface area (Å²) in [6.07, 6.45) is -0.196. The van der Waals surface area contributed by atoms with Crippen LogP contribution in [-0.4, -0.2) is 47.6 Å². The maximum atomic E-state index is 12.8. The molecule has 0 aliphatic heterocycles. The number of carbonyl (C=O) groups is 2. The van der Waals surface area contributed by atoms with E-state index in [0.29, 0.717) is 40.7 Å². The highest BCUT2D eigenvalue weighted by atomic mass is 35.5. The summed E-state index contributed by atoms with van der Waals surface area (Å²) in [5.74, 6) is -0.635. The topological polar surface area (TPSA) is 99.5 Å². The number of thioether (sulfide) groups is 1. The Balaban J connectivity index is 2.26. The summed E-state index contributed by atoms with van der Waals surface area (Å²) in [5, 5.41) is 3.37. The number of benzene rings is 1. The van der Waals surface area contributed by atoms with E-state index in [9.17, 15) is 14.4 Å². The minimum atomic E-state index is -0.807. The highest BCUT2D eigenvalue weighted by Crippen LogP contribution is 2.20. The number of fused-ring (bicyclic) bond motifs is 1. The van der Waals surface area contributed by atoms with Gasteiger partial charge >= 0.3 is 6.09 Å². The average Bonchev–Trinajstić information content (AvgIpc) is 2.62. The molecule has 1 aromatic carbocycles. The van der Waals surface area contributed by atoms with E-state index >= 15 is 0 Å². The van der Waals surface area contributed by atoms with Gasteiger partial charge < -0.3 is 9.47 Å². The van der Waals surface area contributed by atoms with E-state index < -0.39 is 12.0 Å². The van der Waals surface area contributed by atoms with Crippen LogP contribution in [-0.2, 0) is 20.8 Å². The Labute approximate surface area is 165 Å². The van der Waals surface area contributed by atoms with Gasteiger partial charge in [-0.1, -0.05) is 23.4 Å². The lowest BCUT2D eigenvalue weighted by atomic mass is 10.2. The maximum Gasteiger partial charge on any atom is 0.413 e. The fraction of sp³-hybridized carbons (Fsp3) is 0.412. The van der Waals surface area contributed by atoms with Gasteiger partial charge in [-0.2, -0.15) is 0 Å². The van der Waals surface area contributed by atoms with Crippen molar-refractivity contribution in [1.82, 2.24) is 14.9 Å². The van der Waals surface area contributed by atoms with Crippen molar-refractivity contribution in [3.63, 3.8) is 0 Å². The van der Waals surface area contributed by atoms with Gasteiger partial charge in [0.1, 0.15) is 0 Å². The van der Waals surface area contributed by atoms with Crippen LogP contribution in [0.4, 0.5) is 4.79 Å². The monoisotopic (exact) mass is 413 g/mol. The molecule has 0 spiro atoms. The molecule has 146 valence electrons. The first-order valence-corrected chi connectivity index (χ1v) is 9.61. The normalized spacial score (nSPS) is 10.8. The summed E-state index contributed by atoms with van der Waals surface area (Å²) in [5.41, 5.74) is 0.227. The van der Waals surface area contributed by atoms with Crippen LogP contribution in [0.15, 0.2) is 28.2 Å². The highest BCUT2D eigenvalue weighted by molar-refractivity contribution is 7.99. The molecule has 2 aromatic rings. The van der Waals surface area contributed by atoms with Crippen molar-refractivity contribution in [1.29, 1.82) is 0 Å². The first kappa shape index (κ1) is 21.2. The van der Waals surface area contributed by atoms with Gasteiger partial charge in [-0.25, -0.2) is 9.78 Å². The van der Waals surface area contributed by atoms with E-state index in [-0.39, 0.29) is 17.9 Å². The van der Waals surface area contributed by atoms with Crippen molar-refractivity contribution in [3.8, 4) is 0 Å². The molecule has 0 bridgehead atoms. The second-order valence-electron chi connectivity index (χ2n) is 5.42. The predicted octanol–water partition coefficient (Wildman–Crippen LogP) is 2.45. The molecule has 0 unspecified atom stereocenters. The Morgan fingerprint density at radius 1 is 1.37 bits per heavy atom. The quantitative estimate of drug-likeness (QED) is 0.403. The smallest absolute Gasteiger partial charge is 0.413 e. The molecule has 0 saturated carbocycles. The minimum absolute atomic E-state index is 0.0956. The summed E-state index contributed by atoms with van der Waals surface area (Å²) in [4.78, 5) is 40.5. The van der Waals surface area contributed by atoms with Crippen molar-refractivity contribution in [2.75, 3.05) is 26.1 Å². The molecule has 0 fully saturated rings. The van der Waals surface area contributed by atoms with Crippen LogP contribution in [0.5, 0.6) is 0 Å². The summed E-state index contributed by atoms with van der Waals surface area (Å²) in [6.45, 7) is 2.68. The van der Waals surface area contributed by atoms with Gasteiger partial charge in [0, 0.05) is 25.3 Å². The van der Waals surface area contributed by atoms with Crippen molar-refractivity contribution in [2.45, 2.75) is 25.0 Å². The Kier molecular flexibility index (Phi) is 8.08. The number of alkyl carbamates (subject to hydrolysis) is 1. The first-order valence-electron chi connectivity index (χ1n) is 8.24. The second kappa shape index (κ2) is 10.3. The van der Waals surface area contributed by atoms with E-state index in [1.165, 1.54) is 4.57 Å². The zero-order valence-corrected chi connectivity index (χ0v) is 16.6. The third-order valence-electron chi connectivity index (χ3n) is 3.46. The summed E-state index contributed by atoms with van der Waals surface area (Å²) in [7, 11) is 1.58. The maximum absolute atomic E-state index is 12.8. The second-order valence-corrected chi connectivity index (χ2v) is 6.80. The molecule has 0 atom stereocenters. The number of ether oxygens (including phenoxy) is 2. The van der Waals surface area contributed by atoms with Gasteiger partial charge in [0.15, 0.2) is 5.16 Å². The van der Waals surface area contributed by atoms with Crippen LogP contribution >= 0.6 is 23.4 Å². The van der Waals surface area contributed by atoms with Gasteiger partial charge in [-0.3, -0.25) is 19.5 Å². The van der Waals surface area contributed by atoms with Gasteiger partial charge in [0.2, 0.25) is 5.91 Å². The van der Waals surface area contributed by atoms with E-state index in [1.807, 2.05) is 0 Å². The van der Waals surface area contributed by atoms with Crippen LogP contribution in [0.2, 0.25) is 5.02 Å². The van der Waals surface area contributed by atoms with Gasteiger partial charge in [-0.05, 0) is 31.5 Å². The van der Waals surface area contributed by atoms with Crippen LogP contribution in [0.1, 0.15) is 13.3 Å². The summed E-state index contributed by atoms with van der Waals surface area (Å²) >= 11 is 7.05. The number of amides is 2. The summed E-state index contributed by atoms with van der Waals surface area (Å²) in [6, 6.07) is 4.86. The van der Waals surface area contributed by atoms with E-state index in [0.717, 1.165) is 11.8 Å². The molecule has 1 aromatic heterocycles.